The van der Waals surface area contributed by atoms with E-state index in [4.69, 9.17) is 5.73 Å². The Morgan fingerprint density at radius 3 is 2.20 bits per heavy atom. The zero-order valence-electron chi connectivity index (χ0n) is 5.61. The quantitative estimate of drug-likeness (QED) is 0.544. The molecule has 0 unspecified atom stereocenters. The molecule has 0 bridgehead atoms. The first-order valence-electron chi connectivity index (χ1n) is 2.80. The lowest BCUT2D eigenvalue weighted by molar-refractivity contribution is 0.233. The van der Waals surface area contributed by atoms with Gasteiger partial charge in [-0.05, 0) is 6.42 Å². The first-order valence-corrected chi connectivity index (χ1v) is 3.94. The highest BCUT2D eigenvalue weighted by molar-refractivity contribution is 7.70. The Balaban J connectivity index is 4.12. The standard InChI is InChI=1S/C4H10N2O3S/c1-2-3-6(4(5)7)10(8)9/h10H,2-3H2,1H3,(H2,5,7). The van der Waals surface area contributed by atoms with Gasteiger partial charge in [-0.2, -0.15) is 0 Å². The molecule has 5 nitrogen and oxygen atoms in total. The number of carbonyl (C=O) groups is 1. The second-order valence-electron chi connectivity index (χ2n) is 1.70. The number of hydrogen-bond donors (Lipinski definition) is 2. The molecule has 0 radical (unpaired) electrons. The van der Waals surface area contributed by atoms with Crippen molar-refractivity contribution in [3.63, 3.8) is 0 Å². The van der Waals surface area contributed by atoms with Crippen LogP contribution >= 0.6 is 0 Å². The van der Waals surface area contributed by atoms with E-state index in [2.05, 4.69) is 0 Å². The Morgan fingerprint density at radius 1 is 1.60 bits per heavy atom. The van der Waals surface area contributed by atoms with Gasteiger partial charge in [0.1, 0.15) is 0 Å². The molecule has 0 spiro atoms. The average molecular weight is 166 g/mol. The molecule has 0 rings (SSSR count). The van der Waals surface area contributed by atoms with Gasteiger partial charge in [0.2, 0.25) is 10.9 Å². The van der Waals surface area contributed by atoms with Crippen molar-refractivity contribution in [1.82, 2.24) is 4.31 Å². The van der Waals surface area contributed by atoms with Crippen molar-refractivity contribution in [2.24, 2.45) is 5.73 Å². The summed E-state index contributed by atoms with van der Waals surface area (Å²) in [6, 6.07) is -0.919. The fraction of sp³-hybridized carbons (Fsp3) is 0.750. The Morgan fingerprint density at radius 2 is 2.10 bits per heavy atom. The number of nitrogens with zero attached hydrogens (tertiary/aromatic N) is 1. The Hall–Kier alpha value is -0.780. The largest absolute Gasteiger partial charge is 0.351 e. The molecule has 0 aromatic rings. The van der Waals surface area contributed by atoms with E-state index >= 15 is 0 Å². The molecular weight excluding hydrogens is 156 g/mol. The molecule has 2 amide bonds. The normalized spacial score (nSPS) is 9.80. The SMILES string of the molecule is CCCN(C(N)=O)[SH](=O)=O. The van der Waals surface area contributed by atoms with E-state index in [1.807, 2.05) is 0 Å². The van der Waals surface area contributed by atoms with Crippen LogP contribution in [0.25, 0.3) is 0 Å². The maximum absolute atomic E-state index is 10.3. The van der Waals surface area contributed by atoms with Gasteiger partial charge in [-0.15, -0.1) is 0 Å². The van der Waals surface area contributed by atoms with Crippen LogP contribution in [0.15, 0.2) is 0 Å². The zero-order chi connectivity index (χ0) is 8.15. The summed E-state index contributed by atoms with van der Waals surface area (Å²) in [6.07, 6.45) is 0.576. The van der Waals surface area contributed by atoms with Gasteiger partial charge in [0.15, 0.2) is 0 Å². The van der Waals surface area contributed by atoms with E-state index in [1.54, 1.807) is 6.92 Å². The van der Waals surface area contributed by atoms with Crippen LogP contribution in [-0.2, 0) is 10.9 Å². The molecule has 60 valence electrons. The maximum Gasteiger partial charge on any atom is 0.328 e. The molecule has 0 aromatic heterocycles. The van der Waals surface area contributed by atoms with Crippen LogP contribution < -0.4 is 5.73 Å². The van der Waals surface area contributed by atoms with Crippen LogP contribution in [0, 0.1) is 0 Å². The summed E-state index contributed by atoms with van der Waals surface area (Å²) in [5.74, 6) is 0. The van der Waals surface area contributed by atoms with Gasteiger partial charge in [0.05, 0.1) is 0 Å². The number of primary amides is 1. The minimum Gasteiger partial charge on any atom is -0.351 e. The fourth-order valence-corrected chi connectivity index (χ4v) is 1.01. The lowest BCUT2D eigenvalue weighted by atomic mass is 10.5. The number of urea groups is 1. The summed E-state index contributed by atoms with van der Waals surface area (Å²) in [4.78, 5) is 10.3. The van der Waals surface area contributed by atoms with E-state index < -0.39 is 16.9 Å². The van der Waals surface area contributed by atoms with Gasteiger partial charge in [0.25, 0.3) is 0 Å². The summed E-state index contributed by atoms with van der Waals surface area (Å²) < 4.78 is 21.0. The van der Waals surface area contributed by atoms with Gasteiger partial charge in [-0.3, -0.25) is 0 Å². The number of hydrogen-bond acceptors (Lipinski definition) is 3. The van der Waals surface area contributed by atoms with Crippen LogP contribution in [-0.4, -0.2) is 25.3 Å². The van der Waals surface area contributed by atoms with Gasteiger partial charge >= 0.3 is 6.03 Å². The van der Waals surface area contributed by atoms with Crippen molar-refractivity contribution in [2.45, 2.75) is 13.3 Å². The molecule has 10 heavy (non-hydrogen) atoms. The fourth-order valence-electron chi connectivity index (χ4n) is 0.484. The third-order valence-corrected chi connectivity index (χ3v) is 1.68. The summed E-state index contributed by atoms with van der Waals surface area (Å²) in [5, 5.41) is 0. The average Bonchev–Trinajstić information content (AvgIpc) is 1.81. The van der Waals surface area contributed by atoms with Crippen molar-refractivity contribution in [3.8, 4) is 0 Å². The minimum atomic E-state index is -2.85. The first kappa shape index (κ1) is 9.22. The molecule has 0 fully saturated rings. The van der Waals surface area contributed by atoms with Crippen LogP contribution in [0.2, 0.25) is 0 Å². The predicted octanol–water partition coefficient (Wildman–Crippen LogP) is -0.696. The Kier molecular flexibility index (Phi) is 3.78. The van der Waals surface area contributed by atoms with Gasteiger partial charge in [-0.1, -0.05) is 6.92 Å². The second-order valence-corrected chi connectivity index (χ2v) is 2.66. The number of carbonyl (C=O) groups excluding carboxylic acids is 1. The lowest BCUT2D eigenvalue weighted by Crippen LogP contribution is -2.34. The second kappa shape index (κ2) is 4.10. The molecular formula is C4H10N2O3S. The van der Waals surface area contributed by atoms with Crippen molar-refractivity contribution >= 4 is 16.9 Å². The van der Waals surface area contributed by atoms with Crippen LogP contribution in [0.3, 0.4) is 0 Å². The van der Waals surface area contributed by atoms with E-state index in [-0.39, 0.29) is 6.54 Å². The Labute approximate surface area is 60.9 Å². The highest BCUT2D eigenvalue weighted by Gasteiger charge is 2.08. The summed E-state index contributed by atoms with van der Waals surface area (Å²) in [6.45, 7) is 1.92. The maximum atomic E-state index is 10.3. The molecule has 2 N–H and O–H groups in total. The molecule has 0 aromatic carbocycles. The van der Waals surface area contributed by atoms with E-state index in [1.165, 1.54) is 0 Å². The number of rotatable bonds is 3. The van der Waals surface area contributed by atoms with Crippen molar-refractivity contribution in [3.05, 3.63) is 0 Å². The van der Waals surface area contributed by atoms with E-state index in [0.717, 1.165) is 0 Å². The predicted molar refractivity (Wildman–Crippen MR) is 36.9 cm³/mol. The van der Waals surface area contributed by atoms with E-state index in [0.29, 0.717) is 10.7 Å². The zero-order valence-corrected chi connectivity index (χ0v) is 6.51. The van der Waals surface area contributed by atoms with Gasteiger partial charge < -0.3 is 5.73 Å². The van der Waals surface area contributed by atoms with Gasteiger partial charge in [-0.25, -0.2) is 17.5 Å². The monoisotopic (exact) mass is 166 g/mol. The lowest BCUT2D eigenvalue weighted by Gasteiger charge is -2.09. The summed E-state index contributed by atoms with van der Waals surface area (Å²) >= 11 is 0. The highest BCUT2D eigenvalue weighted by Crippen LogP contribution is 1.89. The Bertz CT molecular complexity index is 181. The molecule has 0 saturated heterocycles. The summed E-state index contributed by atoms with van der Waals surface area (Å²) in [7, 11) is -2.85. The number of thiol groups is 1. The molecule has 0 atom stereocenters. The molecule has 0 saturated carbocycles. The molecule has 0 aliphatic rings. The van der Waals surface area contributed by atoms with Crippen LogP contribution in [0.5, 0.6) is 0 Å². The van der Waals surface area contributed by atoms with Crippen LogP contribution in [0.4, 0.5) is 4.79 Å². The smallest absolute Gasteiger partial charge is 0.328 e. The summed E-state index contributed by atoms with van der Waals surface area (Å²) in [5.41, 5.74) is 4.73. The third-order valence-electron chi connectivity index (χ3n) is 0.887. The highest BCUT2D eigenvalue weighted by atomic mass is 32.2. The number of amides is 2. The number of nitrogens with two attached hydrogens (primary N) is 1. The van der Waals surface area contributed by atoms with Crippen molar-refractivity contribution in [2.75, 3.05) is 6.54 Å². The molecule has 0 aliphatic heterocycles. The van der Waals surface area contributed by atoms with Crippen LogP contribution in [0.1, 0.15) is 13.3 Å². The first-order chi connectivity index (χ1) is 4.59. The third kappa shape index (κ3) is 2.67. The van der Waals surface area contributed by atoms with Crippen molar-refractivity contribution < 1.29 is 13.2 Å². The van der Waals surface area contributed by atoms with Crippen molar-refractivity contribution in [1.29, 1.82) is 0 Å². The minimum absolute atomic E-state index is 0.161. The molecule has 0 aliphatic carbocycles. The van der Waals surface area contributed by atoms with Gasteiger partial charge in [0, 0.05) is 6.54 Å². The van der Waals surface area contributed by atoms with E-state index in [9.17, 15) is 13.2 Å². The molecule has 0 heterocycles. The topological polar surface area (TPSA) is 80.5 Å². The molecule has 6 heteroatoms.